The molecule has 1 aromatic heterocycles. The van der Waals surface area contributed by atoms with Gasteiger partial charge in [0.25, 0.3) is 12.3 Å². The number of rotatable bonds is 6. The molecule has 0 saturated carbocycles. The molecule has 0 N–H and O–H groups in total. The molecule has 5 nitrogen and oxygen atoms in total. The van der Waals surface area contributed by atoms with Crippen molar-refractivity contribution in [1.29, 1.82) is 0 Å². The Balaban J connectivity index is 2.31. The van der Waals surface area contributed by atoms with E-state index < -0.39 is 31.1 Å². The number of benzene rings is 1. The first-order valence-corrected chi connectivity index (χ1v) is 8.48. The van der Waals surface area contributed by atoms with Crippen molar-refractivity contribution < 1.29 is 19.8 Å². The van der Waals surface area contributed by atoms with E-state index in [1.54, 1.807) is 6.92 Å². The maximum Gasteiger partial charge on any atom is 0.281 e. The molecular weight excluding hydrogens is 411 g/mol. The molecule has 0 radical (unpaired) electrons. The first-order chi connectivity index (χ1) is 12.7. The van der Waals surface area contributed by atoms with Gasteiger partial charge in [0.05, 0.1) is 24.9 Å². The molecule has 2 rings (SSSR count). The molecule has 0 aliphatic heterocycles. The average molecular weight is 428 g/mol. The van der Waals surface area contributed by atoms with E-state index >= 15 is 0 Å². The van der Waals surface area contributed by atoms with Crippen molar-refractivity contribution in [1.82, 2.24) is 14.8 Å². The van der Waals surface area contributed by atoms with Gasteiger partial charge < -0.3 is 0 Å². The molecule has 1 heterocycles. The van der Waals surface area contributed by atoms with Crippen LogP contribution in [0.3, 0.4) is 0 Å². The number of hydrogen-bond donors (Lipinski definition) is 0. The summed E-state index contributed by atoms with van der Waals surface area (Å²) in [4.78, 5) is 17.9. The van der Waals surface area contributed by atoms with Crippen molar-refractivity contribution in [3.05, 3.63) is 50.2 Å². The minimum Gasteiger partial charge on any atom is -0.274 e. The number of carbonyl (C=O) groups is 1. The minimum absolute atomic E-state index is 0.199. The number of amides is 1. The molecule has 26 heavy (non-hydrogen) atoms. The lowest BCUT2D eigenvalue weighted by molar-refractivity contribution is -0.119. The number of halogens is 5. The Labute approximate surface area is 165 Å². The first-order valence-electron chi connectivity index (χ1n) is 8.06. The lowest BCUT2D eigenvalue weighted by Gasteiger charge is -2.27. The molecule has 0 aliphatic carbocycles. The number of carbonyl (C=O) groups excluding carboxylic acids is 1. The van der Waals surface area contributed by atoms with E-state index in [0.29, 0.717) is 20.6 Å². The number of alkyl halides is 2. The molecule has 0 saturated heterocycles. The zero-order chi connectivity index (χ0) is 20.3. The Morgan fingerprint density at radius 1 is 1.38 bits per heavy atom. The maximum atomic E-state index is 13.3. The van der Waals surface area contributed by atoms with Gasteiger partial charge in [0.1, 0.15) is 5.69 Å². The first kappa shape index (κ1) is 19.4. The second-order valence-electron chi connectivity index (χ2n) is 5.46. The molecule has 0 fully saturated rings. The highest BCUT2D eigenvalue weighted by molar-refractivity contribution is 6.39. The van der Waals surface area contributed by atoms with Gasteiger partial charge in [-0.1, -0.05) is 34.8 Å². The van der Waals surface area contributed by atoms with Gasteiger partial charge in [0, 0.05) is 23.5 Å². The van der Waals surface area contributed by atoms with Crippen LogP contribution in [0.25, 0.3) is 0 Å². The van der Waals surface area contributed by atoms with Gasteiger partial charge in [-0.3, -0.25) is 14.3 Å². The fourth-order valence-corrected chi connectivity index (χ4v) is 3.49. The van der Waals surface area contributed by atoms with Gasteiger partial charge in [-0.15, -0.1) is 0 Å². The van der Waals surface area contributed by atoms with Crippen LogP contribution in [-0.2, 0) is 18.3 Å². The highest BCUT2D eigenvalue weighted by Crippen LogP contribution is 2.31. The molecule has 10 heteroatoms. The van der Waals surface area contributed by atoms with Crippen LogP contribution in [0.4, 0.5) is 8.78 Å². The second kappa shape index (κ2) is 8.52. The third-order valence-corrected chi connectivity index (χ3v) is 4.61. The van der Waals surface area contributed by atoms with Crippen molar-refractivity contribution in [2.45, 2.75) is 25.8 Å². The quantitative estimate of drug-likeness (QED) is 0.613. The average Bonchev–Trinajstić information content (AvgIpc) is 3.02. The van der Waals surface area contributed by atoms with E-state index in [1.165, 1.54) is 19.2 Å². The van der Waals surface area contributed by atoms with Crippen LogP contribution >= 0.6 is 34.8 Å². The van der Waals surface area contributed by atoms with Gasteiger partial charge in [0.2, 0.25) is 0 Å². The van der Waals surface area contributed by atoms with Gasteiger partial charge in [-0.2, -0.15) is 5.10 Å². The Morgan fingerprint density at radius 3 is 2.50 bits per heavy atom. The molecule has 1 unspecified atom stereocenters. The summed E-state index contributed by atoms with van der Waals surface area (Å²) < 4.78 is 34.7. The zero-order valence-electron chi connectivity index (χ0n) is 14.8. The standard InChI is InChI=1S/C16H16Cl3F2N3O2/c1-8(4-10-12(18)5-9(17)6-13(10)19)24(26-3)16(25)11-7-22-23(2)14(11)15(20)21/h5-8,15H,4H2,1-3H3/i2D. The summed E-state index contributed by atoms with van der Waals surface area (Å²) in [6.07, 6.45) is -1.77. The van der Waals surface area contributed by atoms with Crippen LogP contribution in [0.5, 0.6) is 0 Å². The van der Waals surface area contributed by atoms with E-state index in [0.717, 1.165) is 15.9 Å². The maximum absolute atomic E-state index is 13.3. The van der Waals surface area contributed by atoms with Crippen LogP contribution in [0.15, 0.2) is 18.3 Å². The third kappa shape index (κ3) is 4.28. The number of hydroxylamine groups is 2. The summed E-state index contributed by atoms with van der Waals surface area (Å²) >= 11 is 18.2. The Bertz CT molecular complexity index is 812. The predicted molar refractivity (Wildman–Crippen MR) is 96.0 cm³/mol. The molecule has 1 atom stereocenters. The van der Waals surface area contributed by atoms with Crippen LogP contribution in [0.1, 0.15) is 36.3 Å². The van der Waals surface area contributed by atoms with Crippen LogP contribution in [0.2, 0.25) is 15.1 Å². The van der Waals surface area contributed by atoms with E-state index in [-0.39, 0.29) is 12.0 Å². The van der Waals surface area contributed by atoms with Crippen molar-refractivity contribution in [2.24, 2.45) is 7.02 Å². The third-order valence-electron chi connectivity index (χ3n) is 3.72. The smallest absolute Gasteiger partial charge is 0.274 e. The number of hydrogen-bond acceptors (Lipinski definition) is 3. The van der Waals surface area contributed by atoms with Crippen molar-refractivity contribution >= 4 is 40.7 Å². The topological polar surface area (TPSA) is 47.4 Å². The minimum atomic E-state index is -2.97. The lowest BCUT2D eigenvalue weighted by atomic mass is 10.1. The molecule has 1 amide bonds. The SMILES string of the molecule is [2H]Cn1ncc(C(=O)N(OC)C(C)Cc2c(Cl)cc(Cl)cc2Cl)c1C(F)F. The normalized spacial score (nSPS) is 13.0. The largest absolute Gasteiger partial charge is 0.281 e. The Morgan fingerprint density at radius 2 is 2.00 bits per heavy atom. The fourth-order valence-electron chi connectivity index (χ4n) is 2.52. The van der Waals surface area contributed by atoms with Crippen molar-refractivity contribution in [3.63, 3.8) is 0 Å². The van der Waals surface area contributed by atoms with Gasteiger partial charge in [-0.05, 0) is 31.0 Å². The summed E-state index contributed by atoms with van der Waals surface area (Å²) in [7, 11) is 0.710. The van der Waals surface area contributed by atoms with Gasteiger partial charge in [-0.25, -0.2) is 13.8 Å². The molecule has 0 bridgehead atoms. The summed E-state index contributed by atoms with van der Waals surface area (Å²) in [5, 5.41) is 5.61. The van der Waals surface area contributed by atoms with E-state index in [4.69, 9.17) is 41.0 Å². The van der Waals surface area contributed by atoms with E-state index in [1.807, 2.05) is 0 Å². The molecule has 1 aromatic carbocycles. The zero-order valence-corrected chi connectivity index (χ0v) is 16.1. The Kier molecular flexibility index (Phi) is 6.34. The Hall–Kier alpha value is -1.41. The molecule has 0 aliphatic rings. The predicted octanol–water partition coefficient (Wildman–Crippen LogP) is 4.95. The van der Waals surface area contributed by atoms with Crippen LogP contribution < -0.4 is 0 Å². The highest BCUT2D eigenvalue weighted by Gasteiger charge is 2.30. The van der Waals surface area contributed by atoms with Crippen LogP contribution in [0, 0.1) is 0 Å². The van der Waals surface area contributed by atoms with Crippen molar-refractivity contribution in [2.75, 3.05) is 7.11 Å². The van der Waals surface area contributed by atoms with Crippen molar-refractivity contribution in [3.8, 4) is 0 Å². The number of nitrogens with zero attached hydrogens (tertiary/aromatic N) is 3. The van der Waals surface area contributed by atoms with E-state index in [2.05, 4.69) is 5.10 Å². The monoisotopic (exact) mass is 426 g/mol. The molecule has 0 spiro atoms. The van der Waals surface area contributed by atoms with Gasteiger partial charge in [0.15, 0.2) is 0 Å². The lowest BCUT2D eigenvalue weighted by Crippen LogP contribution is -2.39. The molecule has 2 aromatic rings. The molecular formula is C16H16Cl3F2N3O2. The van der Waals surface area contributed by atoms with Gasteiger partial charge >= 0.3 is 0 Å². The summed E-state index contributed by atoms with van der Waals surface area (Å²) in [5.74, 6) is -0.804. The fraction of sp³-hybridized carbons (Fsp3) is 0.375. The van der Waals surface area contributed by atoms with E-state index in [9.17, 15) is 13.6 Å². The number of aromatic nitrogens is 2. The molecule has 142 valence electrons. The highest BCUT2D eigenvalue weighted by atomic mass is 35.5. The summed E-state index contributed by atoms with van der Waals surface area (Å²) in [5.41, 5.74) is -0.424. The summed E-state index contributed by atoms with van der Waals surface area (Å²) in [6, 6.07) is 2.44. The number of aryl methyl sites for hydroxylation is 1. The van der Waals surface area contributed by atoms with Crippen LogP contribution in [-0.4, -0.2) is 33.9 Å². The second-order valence-corrected chi connectivity index (χ2v) is 6.71. The summed E-state index contributed by atoms with van der Waals surface area (Å²) in [6.45, 7) is 1.65.